The second-order valence-corrected chi connectivity index (χ2v) is 6.30. The highest BCUT2D eigenvalue weighted by atomic mass is 32.2. The number of nitrogens with two attached hydrogens (primary N) is 1. The van der Waals surface area contributed by atoms with Crippen LogP contribution in [0.3, 0.4) is 0 Å². The Morgan fingerprint density at radius 3 is 2.95 bits per heavy atom. The Morgan fingerprint density at radius 1 is 1.43 bits per heavy atom. The Bertz CT molecular complexity index is 433. The lowest BCUT2D eigenvalue weighted by Crippen LogP contribution is -2.49. The molecule has 1 aromatic carbocycles. The van der Waals surface area contributed by atoms with E-state index in [1.54, 1.807) is 7.11 Å². The minimum absolute atomic E-state index is 0.0570. The van der Waals surface area contributed by atoms with Crippen molar-refractivity contribution in [1.29, 1.82) is 0 Å². The smallest absolute Gasteiger partial charge is 0.124 e. The molecule has 0 aromatic heterocycles. The third-order valence-electron chi connectivity index (χ3n) is 3.81. The molecule has 0 spiro atoms. The molecule has 0 aliphatic carbocycles. The van der Waals surface area contributed by atoms with Crippen LogP contribution in [-0.2, 0) is 4.74 Å². The molecule has 2 rings (SSSR count). The molecule has 0 amide bonds. The Labute approximate surface area is 131 Å². The summed E-state index contributed by atoms with van der Waals surface area (Å²) in [6.45, 7) is 2.20. The molecule has 2 atom stereocenters. The highest BCUT2D eigenvalue weighted by Gasteiger charge is 2.30. The van der Waals surface area contributed by atoms with Gasteiger partial charge in [-0.05, 0) is 13.1 Å². The first-order valence-corrected chi connectivity index (χ1v) is 8.38. The first-order chi connectivity index (χ1) is 10.3. The van der Waals surface area contributed by atoms with Gasteiger partial charge in [-0.3, -0.25) is 16.2 Å². The monoisotopic (exact) mass is 311 g/mol. The number of nitrogens with zero attached hydrogens (tertiary/aromatic N) is 1. The lowest BCUT2D eigenvalue weighted by Gasteiger charge is -2.38. The van der Waals surface area contributed by atoms with Crippen LogP contribution in [0.1, 0.15) is 11.6 Å². The molecule has 0 radical (unpaired) electrons. The SMILES string of the molecule is COCCOc1ccccc1C(NN)C1CSCCN1C. The highest BCUT2D eigenvalue weighted by molar-refractivity contribution is 7.99. The van der Waals surface area contributed by atoms with Gasteiger partial charge in [-0.1, -0.05) is 18.2 Å². The molecule has 5 nitrogen and oxygen atoms in total. The van der Waals surface area contributed by atoms with E-state index in [1.165, 1.54) is 5.75 Å². The van der Waals surface area contributed by atoms with E-state index in [-0.39, 0.29) is 6.04 Å². The predicted molar refractivity (Wildman–Crippen MR) is 87.6 cm³/mol. The molecule has 0 bridgehead atoms. The molecule has 118 valence electrons. The van der Waals surface area contributed by atoms with Gasteiger partial charge in [0, 0.05) is 36.8 Å². The second kappa shape index (κ2) is 8.60. The fourth-order valence-corrected chi connectivity index (χ4v) is 3.84. The maximum atomic E-state index is 5.86. The molecule has 21 heavy (non-hydrogen) atoms. The van der Waals surface area contributed by atoms with Gasteiger partial charge in [0.25, 0.3) is 0 Å². The van der Waals surface area contributed by atoms with E-state index >= 15 is 0 Å². The Morgan fingerprint density at radius 2 is 2.24 bits per heavy atom. The van der Waals surface area contributed by atoms with Crippen molar-refractivity contribution in [2.75, 3.05) is 45.4 Å². The number of likely N-dealkylation sites (N-methyl/N-ethyl adjacent to an activating group) is 1. The molecule has 1 heterocycles. The normalized spacial score (nSPS) is 21.2. The molecule has 1 saturated heterocycles. The van der Waals surface area contributed by atoms with E-state index in [4.69, 9.17) is 15.3 Å². The van der Waals surface area contributed by atoms with Crippen molar-refractivity contribution in [3.05, 3.63) is 29.8 Å². The van der Waals surface area contributed by atoms with E-state index in [0.717, 1.165) is 23.6 Å². The minimum atomic E-state index is 0.0570. The number of rotatable bonds is 7. The van der Waals surface area contributed by atoms with Crippen molar-refractivity contribution in [2.24, 2.45) is 5.84 Å². The first-order valence-electron chi connectivity index (χ1n) is 7.22. The fourth-order valence-electron chi connectivity index (χ4n) is 2.57. The summed E-state index contributed by atoms with van der Waals surface area (Å²) in [5.74, 6) is 8.98. The number of hydrazine groups is 1. The summed E-state index contributed by atoms with van der Waals surface area (Å²) in [4.78, 5) is 2.37. The average Bonchev–Trinajstić information content (AvgIpc) is 2.51. The fraction of sp³-hybridized carbons (Fsp3) is 0.600. The molecule has 1 fully saturated rings. The van der Waals surface area contributed by atoms with Gasteiger partial charge in [0.2, 0.25) is 0 Å². The molecular formula is C15H25N3O2S. The van der Waals surface area contributed by atoms with Crippen molar-refractivity contribution >= 4 is 11.8 Å². The summed E-state index contributed by atoms with van der Waals surface area (Å²) in [6.07, 6.45) is 0. The van der Waals surface area contributed by atoms with Crippen molar-refractivity contribution in [1.82, 2.24) is 10.3 Å². The maximum absolute atomic E-state index is 5.86. The molecule has 1 aliphatic heterocycles. The van der Waals surface area contributed by atoms with Crippen molar-refractivity contribution in [2.45, 2.75) is 12.1 Å². The Hall–Kier alpha value is -0.790. The van der Waals surface area contributed by atoms with Gasteiger partial charge in [-0.2, -0.15) is 11.8 Å². The molecule has 0 saturated carbocycles. The van der Waals surface area contributed by atoms with Crippen LogP contribution >= 0.6 is 11.8 Å². The molecule has 3 N–H and O–H groups in total. The topological polar surface area (TPSA) is 59.8 Å². The zero-order valence-corrected chi connectivity index (χ0v) is 13.6. The summed E-state index contributed by atoms with van der Waals surface area (Å²) < 4.78 is 10.9. The summed E-state index contributed by atoms with van der Waals surface area (Å²) in [7, 11) is 3.83. The van der Waals surface area contributed by atoms with Crippen LogP contribution in [0, 0.1) is 0 Å². The highest BCUT2D eigenvalue weighted by Crippen LogP contribution is 2.31. The first kappa shape index (κ1) is 16.6. The number of benzene rings is 1. The van der Waals surface area contributed by atoms with E-state index in [9.17, 15) is 0 Å². The second-order valence-electron chi connectivity index (χ2n) is 5.15. The number of hydrogen-bond acceptors (Lipinski definition) is 6. The van der Waals surface area contributed by atoms with Crippen molar-refractivity contribution < 1.29 is 9.47 Å². The van der Waals surface area contributed by atoms with Crippen LogP contribution in [0.25, 0.3) is 0 Å². The van der Waals surface area contributed by atoms with Crippen molar-refractivity contribution in [3.8, 4) is 5.75 Å². The van der Waals surface area contributed by atoms with Gasteiger partial charge >= 0.3 is 0 Å². The van der Waals surface area contributed by atoms with Gasteiger partial charge in [-0.25, -0.2) is 0 Å². The van der Waals surface area contributed by atoms with E-state index in [1.807, 2.05) is 30.0 Å². The van der Waals surface area contributed by atoms with Crippen LogP contribution in [0.15, 0.2) is 24.3 Å². The third kappa shape index (κ3) is 4.34. The Kier molecular flexibility index (Phi) is 6.79. The zero-order chi connectivity index (χ0) is 15.1. The lowest BCUT2D eigenvalue weighted by atomic mass is 9.98. The molecule has 1 aromatic rings. The van der Waals surface area contributed by atoms with E-state index in [0.29, 0.717) is 19.3 Å². The number of ether oxygens (including phenoxy) is 2. The molecule has 6 heteroatoms. The summed E-state index contributed by atoms with van der Waals surface area (Å²) in [5, 5.41) is 0. The van der Waals surface area contributed by atoms with E-state index < -0.39 is 0 Å². The van der Waals surface area contributed by atoms with Gasteiger partial charge in [0.1, 0.15) is 12.4 Å². The Balaban J connectivity index is 2.16. The largest absolute Gasteiger partial charge is 0.491 e. The number of para-hydroxylation sites is 1. The average molecular weight is 311 g/mol. The molecule has 2 unspecified atom stereocenters. The lowest BCUT2D eigenvalue weighted by molar-refractivity contribution is 0.144. The standard InChI is InChI=1S/C15H25N3O2S/c1-18-7-10-21-11-13(18)15(17-16)12-5-3-4-6-14(12)20-9-8-19-2/h3-6,13,15,17H,7-11,16H2,1-2H3. The van der Waals surface area contributed by atoms with Gasteiger partial charge in [0.05, 0.1) is 12.6 Å². The molecular weight excluding hydrogens is 286 g/mol. The number of methoxy groups -OCH3 is 1. The van der Waals surface area contributed by atoms with Crippen LogP contribution in [-0.4, -0.2) is 56.4 Å². The van der Waals surface area contributed by atoms with Gasteiger partial charge < -0.3 is 9.47 Å². The van der Waals surface area contributed by atoms with Crippen LogP contribution in [0.5, 0.6) is 5.75 Å². The molecule has 1 aliphatic rings. The summed E-state index contributed by atoms with van der Waals surface area (Å²) in [5.41, 5.74) is 4.09. The number of thioether (sulfide) groups is 1. The van der Waals surface area contributed by atoms with Crippen LogP contribution in [0.4, 0.5) is 0 Å². The van der Waals surface area contributed by atoms with Crippen molar-refractivity contribution in [3.63, 3.8) is 0 Å². The third-order valence-corrected chi connectivity index (χ3v) is 4.85. The van der Waals surface area contributed by atoms with Gasteiger partial charge in [-0.15, -0.1) is 0 Å². The van der Waals surface area contributed by atoms with Crippen LogP contribution in [0.2, 0.25) is 0 Å². The predicted octanol–water partition coefficient (Wildman–Crippen LogP) is 1.26. The zero-order valence-electron chi connectivity index (χ0n) is 12.7. The number of hydrogen-bond donors (Lipinski definition) is 2. The quantitative estimate of drug-likeness (QED) is 0.449. The minimum Gasteiger partial charge on any atom is -0.491 e. The van der Waals surface area contributed by atoms with Crippen LogP contribution < -0.4 is 16.0 Å². The number of nitrogens with one attached hydrogen (secondary N) is 1. The summed E-state index contributed by atoms with van der Waals surface area (Å²) in [6, 6.07) is 8.50. The summed E-state index contributed by atoms with van der Waals surface area (Å²) >= 11 is 1.97. The van der Waals surface area contributed by atoms with E-state index in [2.05, 4.69) is 23.4 Å². The van der Waals surface area contributed by atoms with Gasteiger partial charge in [0.15, 0.2) is 0 Å². The maximum Gasteiger partial charge on any atom is 0.124 e.